The van der Waals surface area contributed by atoms with Crippen LogP contribution in [0, 0.1) is 0 Å². The van der Waals surface area contributed by atoms with Crippen LogP contribution in [0.15, 0.2) is 27.3 Å². The zero-order valence-electron chi connectivity index (χ0n) is 7.83. The lowest BCUT2D eigenvalue weighted by molar-refractivity contribution is 0.455. The van der Waals surface area contributed by atoms with Crippen molar-refractivity contribution in [1.29, 1.82) is 0 Å². The molecule has 1 aromatic heterocycles. The van der Waals surface area contributed by atoms with Crippen LogP contribution < -0.4 is 5.73 Å². The number of nitrogens with two attached hydrogens (primary N) is 1. The third-order valence-corrected chi connectivity index (χ3v) is 2.61. The minimum atomic E-state index is 0.166. The maximum Gasteiger partial charge on any atom is 0.180 e. The Balaban J connectivity index is 2.47. The van der Waals surface area contributed by atoms with Gasteiger partial charge in [0.05, 0.1) is 10.7 Å². The molecule has 1 heterocycles. The summed E-state index contributed by atoms with van der Waals surface area (Å²) in [5.74, 6) is 0. The average Bonchev–Trinajstić information content (AvgIpc) is 2.50. The smallest absolute Gasteiger partial charge is 0.180 e. The lowest BCUT2D eigenvalue weighted by Gasteiger charge is -2.05. The fourth-order valence-corrected chi connectivity index (χ4v) is 2.09. The molecule has 14 heavy (non-hydrogen) atoms. The number of hydrogen-bond donors (Lipinski definition) is 1. The second kappa shape index (κ2) is 3.71. The first-order valence-corrected chi connectivity index (χ1v) is 5.24. The van der Waals surface area contributed by atoms with Crippen LogP contribution in [0.25, 0.3) is 11.0 Å². The van der Waals surface area contributed by atoms with Crippen molar-refractivity contribution in [3.63, 3.8) is 0 Å². The molecule has 2 rings (SSSR count). The van der Waals surface area contributed by atoms with Crippen molar-refractivity contribution < 1.29 is 4.52 Å². The Morgan fingerprint density at radius 3 is 3.07 bits per heavy atom. The van der Waals surface area contributed by atoms with Crippen LogP contribution in [0.1, 0.15) is 12.5 Å². The average molecular weight is 255 g/mol. The summed E-state index contributed by atoms with van der Waals surface area (Å²) in [4.78, 5) is 0. The van der Waals surface area contributed by atoms with E-state index in [0.717, 1.165) is 21.9 Å². The molecule has 0 aliphatic carbocycles. The van der Waals surface area contributed by atoms with Crippen LogP contribution >= 0.6 is 15.9 Å². The summed E-state index contributed by atoms with van der Waals surface area (Å²) in [5, 5.41) is 4.76. The molecule has 4 heteroatoms. The van der Waals surface area contributed by atoms with Crippen molar-refractivity contribution in [3.05, 3.63) is 28.4 Å². The zero-order chi connectivity index (χ0) is 10.1. The molecule has 2 aromatic rings. The highest BCUT2D eigenvalue weighted by Gasteiger charge is 2.07. The van der Waals surface area contributed by atoms with E-state index in [1.165, 1.54) is 5.56 Å². The van der Waals surface area contributed by atoms with E-state index in [1.807, 2.05) is 13.0 Å². The summed E-state index contributed by atoms with van der Waals surface area (Å²) in [7, 11) is 0. The molecule has 74 valence electrons. The van der Waals surface area contributed by atoms with Crippen molar-refractivity contribution in [2.24, 2.45) is 5.73 Å². The van der Waals surface area contributed by atoms with Gasteiger partial charge >= 0.3 is 0 Å². The zero-order valence-corrected chi connectivity index (χ0v) is 9.41. The number of nitrogens with zero attached hydrogens (tertiary/aromatic N) is 1. The molecule has 0 saturated carbocycles. The van der Waals surface area contributed by atoms with Crippen molar-refractivity contribution >= 4 is 26.9 Å². The monoisotopic (exact) mass is 254 g/mol. The van der Waals surface area contributed by atoms with E-state index >= 15 is 0 Å². The van der Waals surface area contributed by atoms with E-state index in [4.69, 9.17) is 10.3 Å². The molecular weight excluding hydrogens is 244 g/mol. The number of aromatic nitrogens is 1. The van der Waals surface area contributed by atoms with E-state index in [1.54, 1.807) is 6.20 Å². The van der Waals surface area contributed by atoms with Gasteiger partial charge in [-0.1, -0.05) is 5.16 Å². The van der Waals surface area contributed by atoms with Crippen molar-refractivity contribution in [1.82, 2.24) is 5.16 Å². The van der Waals surface area contributed by atoms with Crippen molar-refractivity contribution in [2.75, 3.05) is 0 Å². The van der Waals surface area contributed by atoms with E-state index in [0.29, 0.717) is 0 Å². The Bertz CT molecular complexity index is 450. The molecule has 0 aliphatic rings. The van der Waals surface area contributed by atoms with Gasteiger partial charge in [0.1, 0.15) is 0 Å². The Labute approximate surface area is 90.4 Å². The minimum Gasteiger partial charge on any atom is -0.355 e. The summed E-state index contributed by atoms with van der Waals surface area (Å²) in [5.41, 5.74) is 7.73. The summed E-state index contributed by atoms with van der Waals surface area (Å²) in [6.07, 6.45) is 2.57. The number of fused-ring (bicyclic) bond motifs is 1. The van der Waals surface area contributed by atoms with Gasteiger partial charge in [-0.25, -0.2) is 0 Å². The summed E-state index contributed by atoms with van der Waals surface area (Å²) in [6.45, 7) is 1.99. The van der Waals surface area contributed by atoms with Crippen molar-refractivity contribution in [3.8, 4) is 0 Å². The fourth-order valence-electron chi connectivity index (χ4n) is 1.49. The van der Waals surface area contributed by atoms with E-state index < -0.39 is 0 Å². The van der Waals surface area contributed by atoms with Gasteiger partial charge in [0.15, 0.2) is 5.58 Å². The maximum atomic E-state index is 5.74. The standard InChI is InChI=1S/C10H11BrN2O/c1-6(12)2-7-3-8-5-13-14-10(8)9(11)4-7/h3-6H,2,12H2,1H3. The highest BCUT2D eigenvalue weighted by molar-refractivity contribution is 9.10. The number of halogens is 1. The summed E-state index contributed by atoms with van der Waals surface area (Å²) in [6, 6.07) is 4.25. The third-order valence-electron chi connectivity index (χ3n) is 2.03. The third kappa shape index (κ3) is 1.81. The molecule has 0 bridgehead atoms. The molecule has 3 nitrogen and oxygen atoms in total. The highest BCUT2D eigenvalue weighted by atomic mass is 79.9. The minimum absolute atomic E-state index is 0.166. The normalized spacial score (nSPS) is 13.4. The maximum absolute atomic E-state index is 5.74. The van der Waals surface area contributed by atoms with Gasteiger partial charge in [0, 0.05) is 11.4 Å². The Morgan fingerprint density at radius 2 is 2.36 bits per heavy atom. The Kier molecular flexibility index (Phi) is 2.56. The van der Waals surface area contributed by atoms with E-state index in [9.17, 15) is 0 Å². The van der Waals surface area contributed by atoms with Gasteiger partial charge in [-0.15, -0.1) is 0 Å². The fraction of sp³-hybridized carbons (Fsp3) is 0.300. The first-order chi connectivity index (χ1) is 6.66. The van der Waals surface area contributed by atoms with E-state index in [-0.39, 0.29) is 6.04 Å². The topological polar surface area (TPSA) is 52.0 Å². The van der Waals surface area contributed by atoms with Gasteiger partial charge in [-0.05, 0) is 47.0 Å². The lowest BCUT2D eigenvalue weighted by Crippen LogP contribution is -2.17. The van der Waals surface area contributed by atoms with Gasteiger partial charge < -0.3 is 10.3 Å². The first kappa shape index (κ1) is 9.68. The second-order valence-corrected chi connectivity index (χ2v) is 4.36. The number of rotatable bonds is 2. The molecule has 0 saturated heterocycles. The molecule has 0 amide bonds. The quantitative estimate of drug-likeness (QED) is 0.896. The molecule has 0 radical (unpaired) electrons. The summed E-state index contributed by atoms with van der Waals surface area (Å²) < 4.78 is 6.01. The first-order valence-electron chi connectivity index (χ1n) is 4.45. The van der Waals surface area contributed by atoms with Gasteiger partial charge in [0.2, 0.25) is 0 Å². The Hall–Kier alpha value is -0.870. The van der Waals surface area contributed by atoms with Crippen LogP contribution in [-0.2, 0) is 6.42 Å². The number of benzene rings is 1. The summed E-state index contributed by atoms with van der Waals surface area (Å²) >= 11 is 3.44. The molecule has 1 aromatic carbocycles. The number of hydrogen-bond acceptors (Lipinski definition) is 3. The van der Waals surface area contributed by atoms with Crippen LogP contribution in [-0.4, -0.2) is 11.2 Å². The Morgan fingerprint density at radius 1 is 1.57 bits per heavy atom. The molecule has 0 aliphatic heterocycles. The predicted molar refractivity (Wildman–Crippen MR) is 59.1 cm³/mol. The van der Waals surface area contributed by atoms with Crippen LogP contribution in [0.4, 0.5) is 0 Å². The molecule has 0 fully saturated rings. The SMILES string of the molecule is CC(N)Cc1cc(Br)c2oncc2c1. The second-order valence-electron chi connectivity index (χ2n) is 3.50. The van der Waals surface area contributed by atoms with Gasteiger partial charge in [-0.2, -0.15) is 0 Å². The van der Waals surface area contributed by atoms with Gasteiger partial charge in [0.25, 0.3) is 0 Å². The van der Waals surface area contributed by atoms with E-state index in [2.05, 4.69) is 27.2 Å². The molecule has 1 unspecified atom stereocenters. The van der Waals surface area contributed by atoms with Crippen LogP contribution in [0.2, 0.25) is 0 Å². The molecule has 2 N–H and O–H groups in total. The molecule has 0 spiro atoms. The van der Waals surface area contributed by atoms with Gasteiger partial charge in [-0.3, -0.25) is 0 Å². The largest absolute Gasteiger partial charge is 0.355 e. The lowest BCUT2D eigenvalue weighted by atomic mass is 10.1. The van der Waals surface area contributed by atoms with Crippen molar-refractivity contribution in [2.45, 2.75) is 19.4 Å². The van der Waals surface area contributed by atoms with Crippen LogP contribution in [0.5, 0.6) is 0 Å². The molecular formula is C10H11BrN2O. The van der Waals surface area contributed by atoms with Crippen LogP contribution in [0.3, 0.4) is 0 Å². The predicted octanol–water partition coefficient (Wildman–Crippen LogP) is 2.48. The molecule has 1 atom stereocenters. The highest BCUT2D eigenvalue weighted by Crippen LogP contribution is 2.25.